The van der Waals surface area contributed by atoms with Crippen molar-refractivity contribution in [3.05, 3.63) is 204 Å². The summed E-state index contributed by atoms with van der Waals surface area (Å²) in [6.07, 6.45) is 23.8. The van der Waals surface area contributed by atoms with Gasteiger partial charge in [0, 0.05) is 159 Å². The van der Waals surface area contributed by atoms with Crippen molar-refractivity contribution in [2.24, 2.45) is 0 Å². The van der Waals surface area contributed by atoms with Gasteiger partial charge in [-0.25, -0.2) is 57.4 Å². The molecule has 0 aliphatic carbocycles. The van der Waals surface area contributed by atoms with Gasteiger partial charge < -0.3 is 55.2 Å². The zero-order chi connectivity index (χ0) is 96.3. The molecule has 0 bridgehead atoms. The molecular formula is C103H113ClF4N16O7S8. The third-order valence-corrected chi connectivity index (χ3v) is 35.9. The van der Waals surface area contributed by atoms with Gasteiger partial charge in [-0.3, -0.25) is 19.6 Å². The van der Waals surface area contributed by atoms with Crippen LogP contribution in [0.15, 0.2) is 156 Å². The number of nitrogens with two attached hydrogens (primary N) is 1. The highest BCUT2D eigenvalue weighted by atomic mass is 35.5. The second-order valence-electron chi connectivity index (χ2n) is 37.6. The van der Waals surface area contributed by atoms with Crippen molar-refractivity contribution in [2.45, 2.75) is 179 Å². The van der Waals surface area contributed by atoms with Gasteiger partial charge in [-0.15, -0.1) is 90.7 Å². The third-order valence-electron chi connectivity index (χ3n) is 28.0. The Morgan fingerprint density at radius 1 is 0.410 bits per heavy atom. The van der Waals surface area contributed by atoms with E-state index in [0.717, 1.165) is 199 Å². The molecule has 5 saturated heterocycles. The number of nitrogen functional groups attached to an aromatic ring is 1. The van der Waals surface area contributed by atoms with Gasteiger partial charge in [-0.1, -0.05) is 23.8 Å². The number of aliphatic hydroxyl groups excluding tert-OH is 1. The molecule has 0 spiro atoms. The van der Waals surface area contributed by atoms with Crippen molar-refractivity contribution in [1.82, 2.24) is 59.5 Å². The van der Waals surface area contributed by atoms with Crippen molar-refractivity contribution in [3.8, 4) is 0 Å². The lowest BCUT2D eigenvalue weighted by molar-refractivity contribution is -0.165. The maximum Gasteiger partial charge on any atom is 0.173 e. The highest BCUT2D eigenvalue weighted by Crippen LogP contribution is 2.51. The molecule has 5 fully saturated rings. The molecule has 36 heteroatoms. The van der Waals surface area contributed by atoms with E-state index >= 15 is 8.78 Å². The fraction of sp³-hybridized carbons (Fsp3) is 0.417. The van der Waals surface area contributed by atoms with E-state index in [2.05, 4.69) is 167 Å². The smallest absolute Gasteiger partial charge is 0.173 e. The molecular weight excluding hydrogens is 1940 g/mol. The van der Waals surface area contributed by atoms with Crippen LogP contribution in [0.25, 0.3) is 92.9 Å². The SMILES string of the molecule is CC1(C)C(c2cc3c(Cl)ccnc3s2)=CCN1CCOC1CCCCO1.CC1(C)C(c2cc3c(Nc4ccc5scnc5c4F)ccnc3s2)=CCN1CCOC1CCCCO1.CC1(C)C(c2cc3c(Nc4ccc5scnc5c4F)ccnc3s2)CCN1CCO.CC1(C)C(c2cc3c(Nc4ccc5scnc5c4F)ccnc3s2)CCN1CCOC1CCCCO1.Nc1ccc2scnc2c1F. The number of pyridine rings is 4. The summed E-state index contributed by atoms with van der Waals surface area (Å²) in [5.74, 6) is -0.611. The number of fused-ring (bicyclic) bond motifs is 8. The number of β-amino-alcohol motifs (C(OH)–C–C–N with tert-alkyl or cyclic N) is 1. The first kappa shape index (κ1) is 98.9. The first-order valence-electron chi connectivity index (χ1n) is 47.4. The molecule has 0 radical (unpaired) electrons. The van der Waals surface area contributed by atoms with Gasteiger partial charge in [0.1, 0.15) is 41.4 Å². The van der Waals surface area contributed by atoms with E-state index < -0.39 is 5.82 Å². The molecule has 5 atom stereocenters. The standard InChI is InChI=1S/C27H31FN4O2S2.C27H29FN4O2S2.C22H23FN4OS2.C20H25ClN2O2S.C7H5FN2S/c2*1-27(2)18(9-11-32(27)12-14-34-23-5-3-4-13-33-23)22-15-17-19(8-10-29-26(17)36-22)31-20-6-7-21-25(24(20)28)30-16-35-21;1-22(2)14(6-8-27(22)9-10-28)18-11-13-15(5-7-24-21(13)30-18)26-16-3-4-17-20(19(16)23)25-12-29-17;1-20(2)15(17-13-14-16(21)6-8-22-19(14)26-17)7-9-23(20)10-12-25-18-5-3-4-11-24-18;8-6-4(9)1-2-5-7(6)10-3-11-5/h6-8,10,15-16,18,23H,3-5,9,11-14H2,1-2H3,(H,29,31);6-10,15-16,23H,3-5,11-14H2,1-2H3,(H,29,31);3-5,7,11-12,14,28H,6,8-10H2,1-2H3,(H,24,26);6-8,13,18H,3-5,9-12H2,1-2H3;1-3H,9H2. The Hall–Kier alpha value is -8.87. The number of aromatic nitrogens is 8. The number of thiazole rings is 4. The zero-order valence-corrected chi connectivity index (χ0v) is 86.1. The van der Waals surface area contributed by atoms with E-state index in [1.54, 1.807) is 123 Å². The minimum Gasteiger partial charge on any atom is -0.396 e. The lowest BCUT2D eigenvalue weighted by Crippen LogP contribution is -2.43. The summed E-state index contributed by atoms with van der Waals surface area (Å²) < 4.78 is 96.4. The molecule has 730 valence electrons. The molecule has 5 unspecified atom stereocenters. The van der Waals surface area contributed by atoms with Crippen molar-refractivity contribution < 1.29 is 51.1 Å². The topological polar surface area (TPSA) is 254 Å². The second-order valence-corrected chi connectivity index (χ2v) is 45.8. The molecule has 139 heavy (non-hydrogen) atoms. The van der Waals surface area contributed by atoms with Crippen LogP contribution in [0.3, 0.4) is 0 Å². The van der Waals surface area contributed by atoms with Crippen molar-refractivity contribution in [1.29, 1.82) is 0 Å². The Bertz CT molecular complexity index is 7060. The highest BCUT2D eigenvalue weighted by Gasteiger charge is 2.45. The number of halogens is 5. The molecule has 19 heterocycles. The lowest BCUT2D eigenvalue weighted by Gasteiger charge is -2.36. The zero-order valence-electron chi connectivity index (χ0n) is 78.8. The van der Waals surface area contributed by atoms with Gasteiger partial charge in [0.15, 0.2) is 42.1 Å². The molecule has 23 rings (SSSR count). The fourth-order valence-electron chi connectivity index (χ4n) is 19.9. The van der Waals surface area contributed by atoms with E-state index in [1.165, 1.54) is 95.3 Å². The van der Waals surface area contributed by atoms with Gasteiger partial charge in [0.2, 0.25) is 0 Å². The third kappa shape index (κ3) is 21.4. The van der Waals surface area contributed by atoms with Crippen molar-refractivity contribution in [2.75, 3.05) is 120 Å². The minimum absolute atomic E-state index is 0.00696. The number of rotatable bonds is 24. The van der Waals surface area contributed by atoms with Crippen molar-refractivity contribution >= 4 is 235 Å². The largest absolute Gasteiger partial charge is 0.396 e. The number of nitrogens with one attached hydrogen (secondary N) is 3. The average Bonchev–Trinajstić information content (AvgIpc) is 1.63. The lowest BCUT2D eigenvalue weighted by atomic mass is 9.87. The molecule has 6 N–H and O–H groups in total. The van der Waals surface area contributed by atoms with E-state index in [0.29, 0.717) is 77.3 Å². The number of thiophene rings is 4. The van der Waals surface area contributed by atoms with Crippen LogP contribution in [0.4, 0.5) is 57.4 Å². The molecule has 7 aliphatic heterocycles. The van der Waals surface area contributed by atoms with E-state index in [1.807, 2.05) is 42.5 Å². The van der Waals surface area contributed by atoms with E-state index in [-0.39, 0.29) is 70.8 Å². The first-order valence-corrected chi connectivity index (χ1v) is 54.6. The number of ether oxygens (including phenoxy) is 6. The highest BCUT2D eigenvalue weighted by molar-refractivity contribution is 7.21. The summed E-state index contributed by atoms with van der Waals surface area (Å²) in [5.41, 5.74) is 20.0. The summed E-state index contributed by atoms with van der Waals surface area (Å²) in [4.78, 5) is 53.3. The van der Waals surface area contributed by atoms with Gasteiger partial charge >= 0.3 is 0 Å². The number of benzene rings is 4. The Morgan fingerprint density at radius 2 is 0.763 bits per heavy atom. The van der Waals surface area contributed by atoms with Crippen LogP contribution in [-0.2, 0) is 28.4 Å². The predicted octanol–water partition coefficient (Wildman–Crippen LogP) is 26.0. The van der Waals surface area contributed by atoms with Crippen LogP contribution >= 0.6 is 102 Å². The molecule has 0 amide bonds. The summed E-state index contributed by atoms with van der Waals surface area (Å²) in [6.45, 7) is 30.1. The summed E-state index contributed by atoms with van der Waals surface area (Å²) >= 11 is 18.9. The maximum atomic E-state index is 15.0. The second kappa shape index (κ2) is 43.4. The predicted molar refractivity (Wildman–Crippen MR) is 565 cm³/mol. The number of likely N-dealkylation sites (tertiary alicyclic amines) is 2. The molecule has 7 aliphatic rings. The minimum atomic E-state index is -0.413. The molecule has 4 aromatic carbocycles. The van der Waals surface area contributed by atoms with Gasteiger partial charge in [-0.2, -0.15) is 0 Å². The molecule has 23 nitrogen and oxygen atoms in total. The molecule has 16 aromatic rings. The van der Waals surface area contributed by atoms with Crippen LogP contribution in [0.1, 0.15) is 157 Å². The average molecular weight is 2060 g/mol. The first-order chi connectivity index (χ1) is 67.3. The van der Waals surface area contributed by atoms with Crippen molar-refractivity contribution in [3.63, 3.8) is 0 Å². The van der Waals surface area contributed by atoms with Gasteiger partial charge in [0.05, 0.1) is 112 Å². The number of hydrogen-bond acceptors (Lipinski definition) is 31. The number of hydrogen-bond donors (Lipinski definition) is 5. The summed E-state index contributed by atoms with van der Waals surface area (Å²) in [7, 11) is 0. The maximum absolute atomic E-state index is 15.0. The monoisotopic (exact) mass is 2050 g/mol. The fourth-order valence-corrected chi connectivity index (χ4v) is 28.0. The number of anilines is 7. The van der Waals surface area contributed by atoms with E-state index in [9.17, 15) is 13.9 Å². The van der Waals surface area contributed by atoms with E-state index in [4.69, 9.17) is 45.8 Å². The Morgan fingerprint density at radius 3 is 1.15 bits per heavy atom. The molecule has 0 saturated carbocycles. The molecule has 12 aromatic heterocycles. The number of nitrogens with zero attached hydrogens (tertiary/aromatic N) is 12. The van der Waals surface area contributed by atoms with Crippen LogP contribution in [-0.4, -0.2) is 204 Å². The van der Waals surface area contributed by atoms with Gasteiger partial charge in [0.25, 0.3) is 0 Å². The van der Waals surface area contributed by atoms with Crippen LogP contribution in [0.2, 0.25) is 5.02 Å². The quantitative estimate of drug-likeness (QED) is 0.0278. The van der Waals surface area contributed by atoms with Crippen LogP contribution < -0.4 is 21.7 Å². The summed E-state index contributed by atoms with van der Waals surface area (Å²) in [6, 6.07) is 30.7. The number of aliphatic hydroxyl groups is 1. The Kier molecular flexibility index (Phi) is 30.8. The van der Waals surface area contributed by atoms with Gasteiger partial charge in [-0.05, 0) is 247 Å². The van der Waals surface area contributed by atoms with Crippen LogP contribution in [0.5, 0.6) is 0 Å². The summed E-state index contributed by atoms with van der Waals surface area (Å²) in [5, 5.41) is 24.1. The normalized spacial score (nSPS) is 20.5. The van der Waals surface area contributed by atoms with Crippen LogP contribution in [0, 0.1) is 23.3 Å². The Balaban J connectivity index is 0.000000114. The Labute approximate surface area is 841 Å².